The second kappa shape index (κ2) is 4.30. The van der Waals surface area contributed by atoms with Crippen molar-refractivity contribution in [3.63, 3.8) is 0 Å². The van der Waals surface area contributed by atoms with Crippen molar-refractivity contribution in [2.45, 2.75) is 25.7 Å². The third-order valence-corrected chi connectivity index (χ3v) is 2.68. The van der Waals surface area contributed by atoms with Crippen LogP contribution in [0.15, 0.2) is 36.9 Å². The maximum absolute atomic E-state index is 11.3. The molecule has 2 heteroatoms. The predicted octanol–water partition coefficient (Wildman–Crippen LogP) is 2.91. The van der Waals surface area contributed by atoms with Crippen molar-refractivity contribution in [2.24, 2.45) is 0 Å². The van der Waals surface area contributed by atoms with Crippen molar-refractivity contribution >= 4 is 5.97 Å². The van der Waals surface area contributed by atoms with Crippen LogP contribution in [-0.4, -0.2) is 11.1 Å². The van der Waals surface area contributed by atoms with Gasteiger partial charge in [0.25, 0.3) is 0 Å². The molecule has 1 unspecified atom stereocenters. The highest BCUT2D eigenvalue weighted by molar-refractivity contribution is 5.81. The molecule has 0 saturated heterocycles. The van der Waals surface area contributed by atoms with E-state index in [1.807, 2.05) is 31.2 Å². The van der Waals surface area contributed by atoms with Gasteiger partial charge in [-0.15, -0.1) is 6.58 Å². The minimum absolute atomic E-state index is 0.436. The molecular weight excluding hydrogens is 188 g/mol. The van der Waals surface area contributed by atoms with E-state index in [2.05, 4.69) is 6.58 Å². The zero-order valence-corrected chi connectivity index (χ0v) is 9.16. The van der Waals surface area contributed by atoms with E-state index in [1.54, 1.807) is 13.0 Å². The van der Waals surface area contributed by atoms with Gasteiger partial charge in [0.1, 0.15) is 0 Å². The fourth-order valence-corrected chi connectivity index (χ4v) is 1.61. The summed E-state index contributed by atoms with van der Waals surface area (Å²) in [5.74, 6) is -0.812. The number of carboxylic acids is 1. The molecule has 0 saturated carbocycles. The Bertz CT molecular complexity index is 382. The Labute approximate surface area is 90.3 Å². The highest BCUT2D eigenvalue weighted by Gasteiger charge is 2.33. The third kappa shape index (κ3) is 2.27. The molecule has 0 amide bonds. The van der Waals surface area contributed by atoms with E-state index >= 15 is 0 Å². The van der Waals surface area contributed by atoms with E-state index in [4.69, 9.17) is 0 Å². The van der Waals surface area contributed by atoms with Gasteiger partial charge in [0.05, 0.1) is 5.41 Å². The second-order valence-electron chi connectivity index (χ2n) is 4.00. The number of allylic oxidation sites excluding steroid dienone is 1. The molecule has 0 bridgehead atoms. The fraction of sp³-hybridized carbons (Fsp3) is 0.308. The predicted molar refractivity (Wildman–Crippen MR) is 61.0 cm³/mol. The molecule has 2 nitrogen and oxygen atoms in total. The molecule has 1 aromatic carbocycles. The summed E-state index contributed by atoms with van der Waals surface area (Å²) in [7, 11) is 0. The number of aryl methyl sites for hydroxylation is 1. The van der Waals surface area contributed by atoms with Crippen LogP contribution in [0.4, 0.5) is 0 Å². The molecule has 0 heterocycles. The molecule has 0 fully saturated rings. The number of carboxylic acid groups (broad SMARTS) is 1. The fourth-order valence-electron chi connectivity index (χ4n) is 1.61. The first-order valence-corrected chi connectivity index (χ1v) is 4.92. The standard InChI is InChI=1S/C13H16O2/c1-4-8-13(3,12(14)15)11-7-5-6-10(2)9-11/h4-7,9H,1,8H2,2-3H3,(H,14,15). The maximum atomic E-state index is 11.3. The van der Waals surface area contributed by atoms with Gasteiger partial charge in [0.2, 0.25) is 0 Å². The van der Waals surface area contributed by atoms with Crippen LogP contribution in [0.5, 0.6) is 0 Å². The van der Waals surface area contributed by atoms with Crippen molar-refractivity contribution < 1.29 is 9.90 Å². The van der Waals surface area contributed by atoms with Crippen molar-refractivity contribution in [3.8, 4) is 0 Å². The largest absolute Gasteiger partial charge is 0.481 e. The molecule has 0 aliphatic heterocycles. The second-order valence-corrected chi connectivity index (χ2v) is 4.00. The lowest BCUT2D eigenvalue weighted by Gasteiger charge is -2.24. The van der Waals surface area contributed by atoms with Gasteiger partial charge in [-0.1, -0.05) is 35.9 Å². The van der Waals surface area contributed by atoms with Crippen LogP contribution in [0.1, 0.15) is 24.5 Å². The van der Waals surface area contributed by atoms with Gasteiger partial charge in [-0.25, -0.2) is 0 Å². The number of hydrogen-bond donors (Lipinski definition) is 1. The molecule has 1 rings (SSSR count). The minimum Gasteiger partial charge on any atom is -0.481 e. The lowest BCUT2D eigenvalue weighted by molar-refractivity contribution is -0.143. The maximum Gasteiger partial charge on any atom is 0.314 e. The summed E-state index contributed by atoms with van der Waals surface area (Å²) in [5, 5.41) is 9.26. The number of benzene rings is 1. The molecule has 1 N–H and O–H groups in total. The van der Waals surface area contributed by atoms with Gasteiger partial charge in [0.15, 0.2) is 0 Å². The number of carbonyl (C=O) groups is 1. The average molecular weight is 204 g/mol. The van der Waals surface area contributed by atoms with E-state index < -0.39 is 11.4 Å². The van der Waals surface area contributed by atoms with Gasteiger partial charge in [-0.3, -0.25) is 4.79 Å². The van der Waals surface area contributed by atoms with E-state index in [-0.39, 0.29) is 0 Å². The van der Waals surface area contributed by atoms with Crippen LogP contribution in [0.2, 0.25) is 0 Å². The van der Waals surface area contributed by atoms with Gasteiger partial charge in [0, 0.05) is 0 Å². The van der Waals surface area contributed by atoms with Crippen molar-refractivity contribution in [1.82, 2.24) is 0 Å². The molecular formula is C13H16O2. The Morgan fingerprint density at radius 1 is 1.60 bits per heavy atom. The Morgan fingerprint density at radius 2 is 2.27 bits per heavy atom. The summed E-state index contributed by atoms with van der Waals surface area (Å²) in [6, 6.07) is 7.61. The van der Waals surface area contributed by atoms with Crippen LogP contribution in [0.3, 0.4) is 0 Å². The highest BCUT2D eigenvalue weighted by Crippen LogP contribution is 2.28. The van der Waals surface area contributed by atoms with E-state index in [0.717, 1.165) is 11.1 Å². The quantitative estimate of drug-likeness (QED) is 0.766. The zero-order chi connectivity index (χ0) is 11.5. The summed E-state index contributed by atoms with van der Waals surface area (Å²) in [6.45, 7) is 7.30. The topological polar surface area (TPSA) is 37.3 Å². The van der Waals surface area contributed by atoms with Gasteiger partial charge in [-0.05, 0) is 25.8 Å². The average Bonchev–Trinajstić information content (AvgIpc) is 2.17. The summed E-state index contributed by atoms with van der Waals surface area (Å²) in [5.41, 5.74) is 1.03. The van der Waals surface area contributed by atoms with Gasteiger partial charge < -0.3 is 5.11 Å². The summed E-state index contributed by atoms with van der Waals surface area (Å²) in [6.07, 6.45) is 2.09. The van der Waals surface area contributed by atoms with Gasteiger partial charge in [-0.2, -0.15) is 0 Å². The molecule has 0 aromatic heterocycles. The molecule has 1 atom stereocenters. The zero-order valence-electron chi connectivity index (χ0n) is 9.16. The first-order chi connectivity index (χ1) is 7.00. The Hall–Kier alpha value is -1.57. The highest BCUT2D eigenvalue weighted by atomic mass is 16.4. The first kappa shape index (κ1) is 11.5. The molecule has 1 aromatic rings. The van der Waals surface area contributed by atoms with Gasteiger partial charge >= 0.3 is 5.97 Å². The summed E-state index contributed by atoms with van der Waals surface area (Å²) in [4.78, 5) is 11.3. The molecule has 15 heavy (non-hydrogen) atoms. The lowest BCUT2D eigenvalue weighted by Crippen LogP contribution is -2.31. The third-order valence-electron chi connectivity index (χ3n) is 2.68. The van der Waals surface area contributed by atoms with E-state index in [9.17, 15) is 9.90 Å². The van der Waals surface area contributed by atoms with Crippen LogP contribution in [0, 0.1) is 6.92 Å². The summed E-state index contributed by atoms with van der Waals surface area (Å²) < 4.78 is 0. The van der Waals surface area contributed by atoms with Crippen molar-refractivity contribution in [2.75, 3.05) is 0 Å². The Balaban J connectivity index is 3.20. The lowest BCUT2D eigenvalue weighted by atomic mass is 9.79. The van der Waals surface area contributed by atoms with Crippen LogP contribution >= 0.6 is 0 Å². The molecule has 0 aliphatic carbocycles. The number of rotatable bonds is 4. The summed E-state index contributed by atoms with van der Waals surface area (Å²) >= 11 is 0. The first-order valence-electron chi connectivity index (χ1n) is 4.92. The Morgan fingerprint density at radius 3 is 2.73 bits per heavy atom. The normalized spacial score (nSPS) is 14.3. The monoisotopic (exact) mass is 204 g/mol. The molecule has 0 radical (unpaired) electrons. The molecule has 80 valence electrons. The molecule has 0 aliphatic rings. The van der Waals surface area contributed by atoms with Crippen LogP contribution in [0.25, 0.3) is 0 Å². The van der Waals surface area contributed by atoms with E-state index in [1.165, 1.54) is 0 Å². The van der Waals surface area contributed by atoms with Crippen molar-refractivity contribution in [3.05, 3.63) is 48.0 Å². The molecule has 0 spiro atoms. The Kier molecular flexibility index (Phi) is 3.30. The van der Waals surface area contributed by atoms with Crippen LogP contribution in [-0.2, 0) is 10.2 Å². The van der Waals surface area contributed by atoms with Crippen molar-refractivity contribution in [1.29, 1.82) is 0 Å². The minimum atomic E-state index is -0.867. The SMILES string of the molecule is C=CCC(C)(C(=O)O)c1cccc(C)c1. The van der Waals surface area contributed by atoms with E-state index in [0.29, 0.717) is 6.42 Å². The van der Waals surface area contributed by atoms with Crippen LogP contribution < -0.4 is 0 Å². The number of aliphatic carboxylic acids is 1. The number of hydrogen-bond acceptors (Lipinski definition) is 1. The smallest absolute Gasteiger partial charge is 0.314 e.